The van der Waals surface area contributed by atoms with Gasteiger partial charge in [0.15, 0.2) is 0 Å². The molecule has 190 valence electrons. The van der Waals surface area contributed by atoms with E-state index in [-0.39, 0.29) is 60.1 Å². The average Bonchev–Trinajstić information content (AvgIpc) is 2.72. The summed E-state index contributed by atoms with van der Waals surface area (Å²) in [6.07, 6.45) is 5.11. The van der Waals surface area contributed by atoms with Crippen molar-refractivity contribution in [3.63, 3.8) is 0 Å². The molecule has 3 unspecified atom stereocenters. The Balaban J connectivity index is 4.35. The molecule has 33 heavy (non-hydrogen) atoms. The molecule has 0 saturated heterocycles. The molecule has 4 N–H and O–H groups in total. The van der Waals surface area contributed by atoms with Crippen molar-refractivity contribution < 1.29 is 24.0 Å². The molecule has 0 spiro atoms. The van der Waals surface area contributed by atoms with Crippen molar-refractivity contribution in [2.24, 2.45) is 0 Å². The minimum atomic E-state index is -0.240. The van der Waals surface area contributed by atoms with Gasteiger partial charge in [0.05, 0.1) is 0 Å². The fraction of sp³-hybridized carbons (Fsp3) is 0.792. The van der Waals surface area contributed by atoms with E-state index in [2.05, 4.69) is 21.3 Å². The van der Waals surface area contributed by atoms with E-state index in [9.17, 15) is 24.0 Å². The zero-order valence-electron chi connectivity index (χ0n) is 21.1. The Hall–Kier alpha value is -2.13. The minimum Gasteiger partial charge on any atom is -0.356 e. The maximum Gasteiger partial charge on any atom is 0.221 e. The molecule has 0 aromatic rings. The monoisotopic (exact) mass is 468 g/mol. The first-order valence-corrected chi connectivity index (χ1v) is 12.0. The molecule has 0 rings (SSSR count). The van der Waals surface area contributed by atoms with E-state index < -0.39 is 0 Å². The highest BCUT2D eigenvalue weighted by Gasteiger charge is 2.18. The lowest BCUT2D eigenvalue weighted by atomic mass is 10.0. The van der Waals surface area contributed by atoms with Gasteiger partial charge in [-0.25, -0.2) is 0 Å². The van der Waals surface area contributed by atoms with Crippen molar-refractivity contribution in [1.82, 2.24) is 21.3 Å². The number of Topliss-reactive ketones (excluding diaryl/α,β-unsaturated/α-hetero) is 3. The maximum absolute atomic E-state index is 12.4. The number of hydrogen-bond acceptors (Lipinski definition) is 7. The van der Waals surface area contributed by atoms with E-state index in [1.54, 1.807) is 21.0 Å². The predicted octanol–water partition coefficient (Wildman–Crippen LogP) is 1.43. The lowest BCUT2D eigenvalue weighted by Crippen LogP contribution is -2.40. The number of carbonyl (C=O) groups is 5. The Morgan fingerprint density at radius 2 is 1.12 bits per heavy atom. The SMILES string of the molecule is CNC(CCC(C)=O)CC(=O)NCCCCC(CC(C)=O)NC(=O)CC(CCC(C)=O)NC. The molecule has 2 amide bonds. The number of hydrogen-bond donors (Lipinski definition) is 4. The number of rotatable bonds is 20. The van der Waals surface area contributed by atoms with E-state index in [1.165, 1.54) is 13.8 Å². The molecular weight excluding hydrogens is 424 g/mol. The molecule has 0 radical (unpaired) electrons. The van der Waals surface area contributed by atoms with Crippen LogP contribution in [0.2, 0.25) is 0 Å². The van der Waals surface area contributed by atoms with E-state index in [0.29, 0.717) is 45.1 Å². The fourth-order valence-corrected chi connectivity index (χ4v) is 3.57. The van der Waals surface area contributed by atoms with E-state index in [1.807, 2.05) is 0 Å². The Labute approximate surface area is 198 Å². The number of nitrogens with one attached hydrogen (secondary N) is 4. The third-order valence-electron chi connectivity index (χ3n) is 5.57. The molecule has 0 bridgehead atoms. The van der Waals surface area contributed by atoms with Crippen LogP contribution in [-0.4, -0.2) is 67.9 Å². The van der Waals surface area contributed by atoms with Gasteiger partial charge < -0.3 is 30.9 Å². The quantitative estimate of drug-likeness (QED) is 0.199. The van der Waals surface area contributed by atoms with Crippen molar-refractivity contribution in [2.75, 3.05) is 20.6 Å². The highest BCUT2D eigenvalue weighted by atomic mass is 16.2. The summed E-state index contributed by atoms with van der Waals surface area (Å²) in [6.45, 7) is 5.11. The molecule has 0 aromatic carbocycles. The summed E-state index contributed by atoms with van der Waals surface area (Å²) in [6, 6.07) is -0.351. The van der Waals surface area contributed by atoms with Gasteiger partial charge in [0.1, 0.15) is 17.3 Å². The van der Waals surface area contributed by atoms with Crippen LogP contribution in [0.3, 0.4) is 0 Å². The van der Waals surface area contributed by atoms with Gasteiger partial charge in [-0.15, -0.1) is 0 Å². The molecular formula is C24H44N4O5. The molecule has 3 atom stereocenters. The second kappa shape index (κ2) is 18.3. The first-order valence-electron chi connectivity index (χ1n) is 12.0. The molecule has 0 heterocycles. The Morgan fingerprint density at radius 1 is 0.606 bits per heavy atom. The molecule has 0 aliphatic heterocycles. The van der Waals surface area contributed by atoms with E-state index in [0.717, 1.165) is 12.8 Å². The zero-order chi connectivity index (χ0) is 25.2. The van der Waals surface area contributed by atoms with Crippen LogP contribution in [0.15, 0.2) is 0 Å². The molecule has 9 nitrogen and oxygen atoms in total. The van der Waals surface area contributed by atoms with Crippen LogP contribution in [-0.2, 0) is 24.0 Å². The second-order valence-electron chi connectivity index (χ2n) is 8.88. The number of unbranched alkanes of at least 4 members (excludes halogenated alkanes) is 1. The Morgan fingerprint density at radius 3 is 1.58 bits per heavy atom. The summed E-state index contributed by atoms with van der Waals surface area (Å²) < 4.78 is 0. The largest absolute Gasteiger partial charge is 0.356 e. The van der Waals surface area contributed by atoms with Crippen molar-refractivity contribution in [3.05, 3.63) is 0 Å². The van der Waals surface area contributed by atoms with Gasteiger partial charge in [0.25, 0.3) is 0 Å². The molecule has 0 fully saturated rings. The van der Waals surface area contributed by atoms with Gasteiger partial charge in [-0.3, -0.25) is 14.4 Å². The van der Waals surface area contributed by atoms with Gasteiger partial charge in [-0.2, -0.15) is 0 Å². The third-order valence-corrected chi connectivity index (χ3v) is 5.57. The van der Waals surface area contributed by atoms with Crippen LogP contribution < -0.4 is 21.3 Å². The average molecular weight is 469 g/mol. The number of carbonyl (C=O) groups excluding carboxylic acids is 5. The summed E-state index contributed by atoms with van der Waals surface area (Å²) in [4.78, 5) is 58.4. The normalized spacial score (nSPS) is 13.6. The standard InChI is InChI=1S/C24H44N4O5/c1-17(29)9-11-20(25-4)15-23(32)27-13-7-6-8-22(14-19(3)31)28-24(33)16-21(26-5)12-10-18(2)30/h20-22,25-26H,6-16H2,1-5H3,(H,27,32)(H,28,33). The zero-order valence-corrected chi connectivity index (χ0v) is 21.1. The summed E-state index contributed by atoms with van der Waals surface area (Å²) >= 11 is 0. The number of ketones is 3. The second-order valence-corrected chi connectivity index (χ2v) is 8.88. The summed E-state index contributed by atoms with van der Waals surface area (Å²) in [5, 5.41) is 12.0. The first-order chi connectivity index (χ1) is 15.6. The van der Waals surface area contributed by atoms with Gasteiger partial charge in [-0.05, 0) is 67.0 Å². The summed E-state index contributed by atoms with van der Waals surface area (Å²) in [7, 11) is 3.55. The Bertz CT molecular complexity index is 638. The lowest BCUT2D eigenvalue weighted by Gasteiger charge is -2.20. The van der Waals surface area contributed by atoms with Crippen molar-refractivity contribution in [2.45, 2.75) is 103 Å². The smallest absolute Gasteiger partial charge is 0.221 e. The maximum atomic E-state index is 12.4. The Kier molecular flexibility index (Phi) is 17.1. The topological polar surface area (TPSA) is 133 Å². The minimum absolute atomic E-state index is 0.0130. The fourth-order valence-electron chi connectivity index (χ4n) is 3.57. The third kappa shape index (κ3) is 18.0. The van der Waals surface area contributed by atoms with Crippen LogP contribution in [0.1, 0.15) is 85.0 Å². The molecule has 0 aromatic heterocycles. The molecule has 0 aliphatic carbocycles. The van der Waals surface area contributed by atoms with E-state index in [4.69, 9.17) is 0 Å². The van der Waals surface area contributed by atoms with Crippen LogP contribution in [0.4, 0.5) is 0 Å². The van der Waals surface area contributed by atoms with Crippen LogP contribution >= 0.6 is 0 Å². The summed E-state index contributed by atoms with van der Waals surface area (Å²) in [5.41, 5.74) is 0. The highest BCUT2D eigenvalue weighted by molar-refractivity contribution is 5.80. The van der Waals surface area contributed by atoms with Gasteiger partial charge in [0.2, 0.25) is 11.8 Å². The van der Waals surface area contributed by atoms with Crippen molar-refractivity contribution >= 4 is 29.2 Å². The molecule has 9 heteroatoms. The van der Waals surface area contributed by atoms with Crippen LogP contribution in [0.25, 0.3) is 0 Å². The molecule has 0 aliphatic rings. The van der Waals surface area contributed by atoms with Gasteiger partial charge in [-0.1, -0.05) is 0 Å². The highest BCUT2D eigenvalue weighted by Crippen LogP contribution is 2.08. The molecule has 0 saturated carbocycles. The predicted molar refractivity (Wildman–Crippen MR) is 129 cm³/mol. The van der Waals surface area contributed by atoms with Gasteiger partial charge >= 0.3 is 0 Å². The lowest BCUT2D eigenvalue weighted by molar-refractivity contribution is -0.123. The van der Waals surface area contributed by atoms with Crippen molar-refractivity contribution in [3.8, 4) is 0 Å². The van der Waals surface area contributed by atoms with Crippen LogP contribution in [0.5, 0.6) is 0 Å². The van der Waals surface area contributed by atoms with Crippen LogP contribution in [0, 0.1) is 0 Å². The van der Waals surface area contributed by atoms with Gasteiger partial charge in [0, 0.05) is 56.8 Å². The first kappa shape index (κ1) is 30.9. The summed E-state index contributed by atoms with van der Waals surface area (Å²) in [5.74, 6) is 0.0189. The van der Waals surface area contributed by atoms with E-state index >= 15 is 0 Å². The van der Waals surface area contributed by atoms with Crippen molar-refractivity contribution in [1.29, 1.82) is 0 Å². The number of amides is 2.